The number of nitriles is 1. The van der Waals surface area contributed by atoms with Crippen molar-refractivity contribution in [3.8, 4) is 11.9 Å². The van der Waals surface area contributed by atoms with Gasteiger partial charge in [0.25, 0.3) is 0 Å². The van der Waals surface area contributed by atoms with Gasteiger partial charge < -0.3 is 22.7 Å². The van der Waals surface area contributed by atoms with Gasteiger partial charge in [-0.15, -0.1) is 0 Å². The maximum Gasteiger partial charge on any atom is 1.00 e. The fraction of sp³-hybridized carbons (Fsp3) is 0.111. The van der Waals surface area contributed by atoms with Crippen LogP contribution < -0.4 is 39.6 Å². The molecule has 1 rings (SSSR count). The van der Waals surface area contributed by atoms with Crippen LogP contribution in [-0.2, 0) is 12.6 Å². The minimum atomic E-state index is 0. The predicted octanol–water partition coefficient (Wildman–Crippen LogP) is -1.70. The van der Waals surface area contributed by atoms with Gasteiger partial charge >= 0.3 is 29.6 Å². The Morgan fingerprint density at radius 2 is 2.07 bits per heavy atom. The molecule has 0 atom stereocenters. The van der Waals surface area contributed by atoms with Crippen molar-refractivity contribution in [2.75, 3.05) is 7.11 Å². The Labute approximate surface area is 116 Å². The van der Waals surface area contributed by atoms with Crippen molar-refractivity contribution < 1.29 is 34.3 Å². The van der Waals surface area contributed by atoms with Gasteiger partial charge in [0.1, 0.15) is 5.75 Å². The van der Waals surface area contributed by atoms with Gasteiger partial charge in [-0.25, -0.2) is 0 Å². The number of rotatable bonds is 2. The van der Waals surface area contributed by atoms with Gasteiger partial charge in [0, 0.05) is 0 Å². The summed E-state index contributed by atoms with van der Waals surface area (Å²) in [6.45, 7) is 0. The Balaban J connectivity index is 0.00000196. The maximum absolute atomic E-state index is 8.27. The molecule has 0 aliphatic rings. The van der Waals surface area contributed by atoms with E-state index < -0.39 is 0 Å². The number of aliphatic imine (C=N–C) groups is 1. The summed E-state index contributed by atoms with van der Waals surface area (Å²) in [6.07, 6.45) is 1.70. The zero-order valence-corrected chi connectivity index (χ0v) is 11.3. The Hall–Kier alpha value is -0.800. The van der Waals surface area contributed by atoms with Gasteiger partial charge in [-0.1, -0.05) is 0 Å². The van der Waals surface area contributed by atoms with E-state index >= 15 is 0 Å². The molecule has 15 heavy (non-hydrogen) atoms. The van der Waals surface area contributed by atoms with Crippen LogP contribution in [0.5, 0.6) is 5.75 Å². The number of methoxy groups -OCH3 is 1. The first kappa shape index (κ1) is 14.2. The van der Waals surface area contributed by atoms with Crippen LogP contribution in [0.1, 0.15) is 0 Å². The minimum Gasteiger partial charge on any atom is -0.742 e. The third-order valence-electron chi connectivity index (χ3n) is 1.47. The van der Waals surface area contributed by atoms with E-state index in [0.717, 1.165) is 5.75 Å². The summed E-state index contributed by atoms with van der Waals surface area (Å²) < 4.78 is 4.98. The van der Waals surface area contributed by atoms with E-state index in [4.69, 9.17) is 22.6 Å². The number of amidine groups is 1. The molecule has 0 fully saturated rings. The average Bonchev–Trinajstić information content (AvgIpc) is 2.19. The van der Waals surface area contributed by atoms with Gasteiger partial charge in [-0.05, 0) is 29.4 Å². The first-order valence-corrected chi connectivity index (χ1v) is 4.22. The first-order chi connectivity index (χ1) is 6.76. The van der Waals surface area contributed by atoms with Crippen molar-refractivity contribution in [1.29, 1.82) is 5.26 Å². The Bertz CT molecular complexity index is 372. The Kier molecular flexibility index (Phi) is 7.09. The topological polar surface area (TPSA) is 57.4 Å². The van der Waals surface area contributed by atoms with Gasteiger partial charge in [-0.3, -0.25) is 4.99 Å². The standard InChI is InChI=1S/C9H9N3OS.Na/c1-13-8-4-2-7(3-5-8)12-9(14)11-6-10;/h2-5H,1H3,(H2,11,12,14);/q;+1/p-1. The van der Waals surface area contributed by atoms with Crippen LogP contribution in [0.2, 0.25) is 0 Å². The van der Waals surface area contributed by atoms with Crippen molar-refractivity contribution >= 4 is 23.5 Å². The van der Waals surface area contributed by atoms with Crippen LogP contribution >= 0.6 is 0 Å². The van der Waals surface area contributed by atoms with E-state index in [9.17, 15) is 0 Å². The van der Waals surface area contributed by atoms with E-state index in [1.165, 1.54) is 0 Å². The largest absolute Gasteiger partial charge is 1.00 e. The summed E-state index contributed by atoms with van der Waals surface area (Å²) >= 11 is 4.76. The molecule has 0 radical (unpaired) electrons. The zero-order valence-electron chi connectivity index (χ0n) is 8.52. The van der Waals surface area contributed by atoms with Crippen molar-refractivity contribution in [2.24, 2.45) is 4.99 Å². The molecule has 0 heterocycles. The number of nitrogens with one attached hydrogen (secondary N) is 1. The van der Waals surface area contributed by atoms with Crippen molar-refractivity contribution in [3.63, 3.8) is 0 Å². The van der Waals surface area contributed by atoms with Gasteiger partial charge in [0.05, 0.1) is 12.8 Å². The second-order valence-electron chi connectivity index (χ2n) is 2.35. The second kappa shape index (κ2) is 7.49. The normalized spacial score (nSPS) is 9.73. The third-order valence-corrected chi connectivity index (χ3v) is 1.66. The summed E-state index contributed by atoms with van der Waals surface area (Å²) in [7, 11) is 1.59. The predicted molar refractivity (Wildman–Crippen MR) is 56.2 cm³/mol. The molecule has 0 bridgehead atoms. The van der Waals surface area contributed by atoms with Crippen LogP contribution in [0.15, 0.2) is 29.3 Å². The van der Waals surface area contributed by atoms with Crippen LogP contribution in [0.25, 0.3) is 0 Å². The van der Waals surface area contributed by atoms with E-state index in [2.05, 4.69) is 10.3 Å². The monoisotopic (exact) mass is 229 g/mol. The van der Waals surface area contributed by atoms with Crippen molar-refractivity contribution in [3.05, 3.63) is 24.3 Å². The van der Waals surface area contributed by atoms with E-state index in [1.807, 2.05) is 0 Å². The van der Waals surface area contributed by atoms with Crippen LogP contribution in [-0.4, -0.2) is 12.3 Å². The molecule has 0 saturated heterocycles. The molecule has 0 aromatic heterocycles. The molecule has 0 aliphatic heterocycles. The number of benzene rings is 1. The smallest absolute Gasteiger partial charge is 0.742 e. The van der Waals surface area contributed by atoms with Crippen LogP contribution in [0.3, 0.4) is 0 Å². The second-order valence-corrected chi connectivity index (χ2v) is 2.74. The van der Waals surface area contributed by atoms with Gasteiger partial charge in [-0.2, -0.15) is 5.26 Å². The fourth-order valence-corrected chi connectivity index (χ4v) is 1.00. The Morgan fingerprint density at radius 3 is 2.53 bits per heavy atom. The summed E-state index contributed by atoms with van der Waals surface area (Å²) in [5.74, 6) is 0.753. The molecule has 72 valence electrons. The quantitative estimate of drug-likeness (QED) is 0.164. The molecule has 1 aromatic carbocycles. The van der Waals surface area contributed by atoms with E-state index in [-0.39, 0.29) is 34.7 Å². The minimum absolute atomic E-state index is 0. The molecule has 0 unspecified atom stereocenters. The summed E-state index contributed by atoms with van der Waals surface area (Å²) in [4.78, 5) is 3.97. The van der Waals surface area contributed by atoms with Gasteiger partial charge in [0.15, 0.2) is 6.19 Å². The van der Waals surface area contributed by atoms with Crippen molar-refractivity contribution in [2.45, 2.75) is 0 Å². The summed E-state index contributed by atoms with van der Waals surface area (Å²) in [6, 6.07) is 7.05. The molecule has 4 nitrogen and oxygen atoms in total. The Morgan fingerprint density at radius 1 is 1.47 bits per heavy atom. The molecule has 0 spiro atoms. The molecule has 0 amide bonds. The molecule has 1 N–H and O–H groups in total. The first-order valence-electron chi connectivity index (χ1n) is 3.81. The molecule has 6 heteroatoms. The molecular weight excluding hydrogens is 221 g/mol. The molecule has 0 saturated carbocycles. The van der Waals surface area contributed by atoms with Crippen molar-refractivity contribution in [1.82, 2.24) is 5.32 Å². The third kappa shape index (κ3) is 5.00. The van der Waals surface area contributed by atoms with E-state index in [0.29, 0.717) is 5.69 Å². The zero-order chi connectivity index (χ0) is 10.4. The number of hydrogen-bond donors (Lipinski definition) is 1. The number of nitrogens with zero attached hydrogens (tertiary/aromatic N) is 2. The molecule has 0 aliphatic carbocycles. The fourth-order valence-electron chi connectivity index (χ4n) is 0.850. The van der Waals surface area contributed by atoms with E-state index in [1.54, 1.807) is 37.6 Å². The van der Waals surface area contributed by atoms with Crippen LogP contribution in [0.4, 0.5) is 5.69 Å². The number of hydrogen-bond acceptors (Lipinski definition) is 4. The average molecular weight is 229 g/mol. The van der Waals surface area contributed by atoms with Crippen LogP contribution in [0, 0.1) is 11.5 Å². The van der Waals surface area contributed by atoms with Gasteiger partial charge in [0.2, 0.25) is 0 Å². The molecule has 1 aromatic rings. The summed E-state index contributed by atoms with van der Waals surface area (Å²) in [5.41, 5.74) is 0.679. The SMILES string of the molecule is COc1ccc(N=C([S-])NC#N)cc1.[Na+]. The number of ether oxygens (including phenoxy) is 1. The summed E-state index contributed by atoms with van der Waals surface area (Å²) in [5, 5.41) is 10.7. The maximum atomic E-state index is 8.27. The molecular formula is C9H8N3NaOS.